The number of hydrogen-bond donors (Lipinski definition) is 0. The number of Topliss-reactive ketones (excluding diaryl/α,β-unsaturated/α-hetero) is 1. The molecule has 0 bridgehead atoms. The first kappa shape index (κ1) is 13.4. The lowest BCUT2D eigenvalue weighted by molar-refractivity contribution is 0.0255. The summed E-state index contributed by atoms with van der Waals surface area (Å²) in [6.45, 7) is 3.18. The highest BCUT2D eigenvalue weighted by Crippen LogP contribution is 2.37. The average Bonchev–Trinajstić information content (AvgIpc) is 2.94. The molecule has 3 rings (SSSR count). The number of ether oxygens (including phenoxy) is 2. The third kappa shape index (κ3) is 2.18. The molecule has 2 fully saturated rings. The zero-order chi connectivity index (χ0) is 14.1. The maximum atomic E-state index is 12.0. The highest BCUT2D eigenvalue weighted by atomic mass is 16.5. The van der Waals surface area contributed by atoms with Crippen LogP contribution in [-0.4, -0.2) is 38.2 Å². The van der Waals surface area contributed by atoms with Gasteiger partial charge in [-0.2, -0.15) is 0 Å². The van der Waals surface area contributed by atoms with Crippen LogP contribution in [0.3, 0.4) is 0 Å². The number of ketones is 1. The van der Waals surface area contributed by atoms with Crippen LogP contribution >= 0.6 is 0 Å². The van der Waals surface area contributed by atoms with E-state index in [1.807, 2.05) is 18.2 Å². The summed E-state index contributed by atoms with van der Waals surface area (Å²) < 4.78 is 11.2. The predicted molar refractivity (Wildman–Crippen MR) is 77.7 cm³/mol. The number of anilines is 1. The molecule has 4 nitrogen and oxygen atoms in total. The van der Waals surface area contributed by atoms with E-state index in [1.54, 1.807) is 14.0 Å². The molecule has 1 heterocycles. The quantitative estimate of drug-likeness (QED) is 0.795. The first-order valence-corrected chi connectivity index (χ1v) is 7.28. The third-order valence-corrected chi connectivity index (χ3v) is 4.37. The van der Waals surface area contributed by atoms with Gasteiger partial charge in [-0.15, -0.1) is 0 Å². The smallest absolute Gasteiger partial charge is 0.165 e. The first-order chi connectivity index (χ1) is 9.72. The van der Waals surface area contributed by atoms with Crippen molar-refractivity contribution in [3.05, 3.63) is 23.8 Å². The van der Waals surface area contributed by atoms with Crippen LogP contribution in [0.25, 0.3) is 0 Å². The average molecular weight is 275 g/mol. The van der Waals surface area contributed by atoms with Crippen LogP contribution < -0.4 is 9.64 Å². The van der Waals surface area contributed by atoms with E-state index in [4.69, 9.17) is 9.47 Å². The molecule has 1 saturated heterocycles. The Hall–Kier alpha value is -1.55. The fourth-order valence-corrected chi connectivity index (χ4v) is 3.51. The predicted octanol–water partition coefficient (Wildman–Crippen LogP) is 2.66. The number of morpholine rings is 1. The molecule has 1 aliphatic carbocycles. The standard InChI is InChI=1S/C16H21NO3/c1-11(18)16-13(6-4-8-15(16)19-2)17-9-10-20-14-7-3-5-12(14)17/h4,6,8,12,14H,3,5,7,9-10H2,1-2H3. The van der Waals surface area contributed by atoms with Crippen LogP contribution in [0.5, 0.6) is 5.75 Å². The zero-order valence-electron chi connectivity index (χ0n) is 12.1. The van der Waals surface area contributed by atoms with Crippen molar-refractivity contribution in [1.82, 2.24) is 0 Å². The molecule has 1 aromatic rings. The number of rotatable bonds is 3. The van der Waals surface area contributed by atoms with E-state index in [9.17, 15) is 4.79 Å². The van der Waals surface area contributed by atoms with Gasteiger partial charge in [-0.25, -0.2) is 0 Å². The lowest BCUT2D eigenvalue weighted by Crippen LogP contribution is -2.49. The number of nitrogens with zero attached hydrogens (tertiary/aromatic N) is 1. The Kier molecular flexibility index (Phi) is 3.66. The van der Waals surface area contributed by atoms with Crippen molar-refractivity contribution in [1.29, 1.82) is 0 Å². The molecule has 2 unspecified atom stereocenters. The number of hydrogen-bond acceptors (Lipinski definition) is 4. The monoisotopic (exact) mass is 275 g/mol. The van der Waals surface area contributed by atoms with Gasteiger partial charge in [0.15, 0.2) is 5.78 Å². The van der Waals surface area contributed by atoms with Gasteiger partial charge in [0.25, 0.3) is 0 Å². The van der Waals surface area contributed by atoms with Crippen molar-refractivity contribution < 1.29 is 14.3 Å². The molecule has 2 atom stereocenters. The summed E-state index contributed by atoms with van der Waals surface area (Å²) >= 11 is 0. The van der Waals surface area contributed by atoms with Crippen LogP contribution in [-0.2, 0) is 4.74 Å². The summed E-state index contributed by atoms with van der Waals surface area (Å²) in [5, 5.41) is 0. The Bertz CT molecular complexity index is 514. The second-order valence-corrected chi connectivity index (χ2v) is 5.51. The summed E-state index contributed by atoms with van der Waals surface area (Å²) in [6, 6.07) is 6.24. The van der Waals surface area contributed by atoms with Crippen molar-refractivity contribution in [3.8, 4) is 5.75 Å². The summed E-state index contributed by atoms with van der Waals surface area (Å²) in [6.07, 6.45) is 3.78. The second kappa shape index (κ2) is 5.44. The molecule has 0 aromatic heterocycles. The maximum Gasteiger partial charge on any atom is 0.165 e. The van der Waals surface area contributed by atoms with Gasteiger partial charge in [-0.1, -0.05) is 6.07 Å². The Labute approximate surface area is 119 Å². The van der Waals surface area contributed by atoms with Crippen LogP contribution in [0.1, 0.15) is 36.5 Å². The largest absolute Gasteiger partial charge is 0.496 e. The Morgan fingerprint density at radius 2 is 2.25 bits per heavy atom. The highest BCUT2D eigenvalue weighted by molar-refractivity contribution is 6.02. The Balaban J connectivity index is 2.02. The lowest BCUT2D eigenvalue weighted by Gasteiger charge is -2.40. The van der Waals surface area contributed by atoms with E-state index in [-0.39, 0.29) is 5.78 Å². The van der Waals surface area contributed by atoms with Gasteiger partial charge in [-0.3, -0.25) is 4.79 Å². The van der Waals surface area contributed by atoms with E-state index in [0.29, 0.717) is 23.5 Å². The van der Waals surface area contributed by atoms with Crippen LogP contribution in [0.4, 0.5) is 5.69 Å². The van der Waals surface area contributed by atoms with Gasteiger partial charge in [-0.05, 0) is 38.3 Å². The summed E-state index contributed by atoms with van der Waals surface area (Å²) in [5.41, 5.74) is 1.69. The molecule has 2 aliphatic rings. The van der Waals surface area contributed by atoms with Gasteiger partial charge in [0, 0.05) is 6.54 Å². The minimum Gasteiger partial charge on any atom is -0.496 e. The molecular formula is C16H21NO3. The molecule has 0 N–H and O–H groups in total. The fraction of sp³-hybridized carbons (Fsp3) is 0.562. The second-order valence-electron chi connectivity index (χ2n) is 5.51. The molecule has 108 valence electrons. The molecule has 0 amide bonds. The van der Waals surface area contributed by atoms with E-state index >= 15 is 0 Å². The van der Waals surface area contributed by atoms with Crippen molar-refractivity contribution >= 4 is 11.5 Å². The van der Waals surface area contributed by atoms with E-state index in [2.05, 4.69) is 4.90 Å². The topological polar surface area (TPSA) is 38.8 Å². The van der Waals surface area contributed by atoms with Crippen molar-refractivity contribution in [2.75, 3.05) is 25.2 Å². The van der Waals surface area contributed by atoms with E-state index in [1.165, 1.54) is 6.42 Å². The van der Waals surface area contributed by atoms with Crippen molar-refractivity contribution in [2.45, 2.75) is 38.3 Å². The molecule has 20 heavy (non-hydrogen) atoms. The van der Waals surface area contributed by atoms with Crippen LogP contribution in [0.15, 0.2) is 18.2 Å². The Morgan fingerprint density at radius 3 is 3.00 bits per heavy atom. The molecule has 0 radical (unpaired) electrons. The highest BCUT2D eigenvalue weighted by Gasteiger charge is 2.37. The number of methoxy groups -OCH3 is 1. The first-order valence-electron chi connectivity index (χ1n) is 7.28. The van der Waals surface area contributed by atoms with Crippen molar-refractivity contribution in [3.63, 3.8) is 0 Å². The summed E-state index contributed by atoms with van der Waals surface area (Å²) in [4.78, 5) is 14.4. The van der Waals surface area contributed by atoms with Gasteiger partial charge in [0.2, 0.25) is 0 Å². The minimum atomic E-state index is 0.0542. The number of benzene rings is 1. The summed E-state index contributed by atoms with van der Waals surface area (Å²) in [7, 11) is 1.61. The molecule has 4 heteroatoms. The number of carbonyl (C=O) groups excluding carboxylic acids is 1. The lowest BCUT2D eigenvalue weighted by atomic mass is 10.0. The van der Waals surface area contributed by atoms with Gasteiger partial charge in [0.1, 0.15) is 5.75 Å². The van der Waals surface area contributed by atoms with Gasteiger partial charge < -0.3 is 14.4 Å². The maximum absolute atomic E-state index is 12.0. The van der Waals surface area contributed by atoms with Crippen molar-refractivity contribution in [2.24, 2.45) is 0 Å². The number of fused-ring (bicyclic) bond motifs is 1. The molecule has 0 spiro atoms. The molecule has 1 aromatic carbocycles. The van der Waals surface area contributed by atoms with E-state index < -0.39 is 0 Å². The van der Waals surface area contributed by atoms with E-state index in [0.717, 1.165) is 31.7 Å². The van der Waals surface area contributed by atoms with Crippen LogP contribution in [0, 0.1) is 0 Å². The number of carbonyl (C=O) groups is 1. The molecular weight excluding hydrogens is 254 g/mol. The van der Waals surface area contributed by atoms with Gasteiger partial charge >= 0.3 is 0 Å². The molecule has 1 saturated carbocycles. The van der Waals surface area contributed by atoms with Gasteiger partial charge in [0.05, 0.1) is 37.1 Å². The van der Waals surface area contributed by atoms with Crippen LogP contribution in [0.2, 0.25) is 0 Å². The zero-order valence-corrected chi connectivity index (χ0v) is 12.1. The normalized spacial score (nSPS) is 25.4. The minimum absolute atomic E-state index is 0.0542. The SMILES string of the molecule is COc1cccc(N2CCOC3CCCC32)c1C(C)=O. The fourth-order valence-electron chi connectivity index (χ4n) is 3.51. The molecule has 1 aliphatic heterocycles. The Morgan fingerprint density at radius 1 is 1.40 bits per heavy atom. The third-order valence-electron chi connectivity index (χ3n) is 4.37. The summed E-state index contributed by atoms with van der Waals surface area (Å²) in [5.74, 6) is 0.717.